The number of alkyl halides is 9. The van der Waals surface area contributed by atoms with Crippen molar-refractivity contribution in [2.45, 2.75) is 37.3 Å². The molecule has 0 atom stereocenters. The molecule has 1 amide bonds. The number of hydrogen-bond donors (Lipinski definition) is 4. The van der Waals surface area contributed by atoms with Gasteiger partial charge in [0.2, 0.25) is 0 Å². The first kappa shape index (κ1) is 33.6. The number of carbonyl (C=O) groups excluding carboxylic acids is 1. The molecule has 2 aliphatic rings. The molecule has 0 spiro atoms. The van der Waals surface area contributed by atoms with Gasteiger partial charge >= 0.3 is 36.4 Å². The van der Waals surface area contributed by atoms with Crippen molar-refractivity contribution in [3.8, 4) is 22.5 Å². The zero-order valence-electron chi connectivity index (χ0n) is 21.7. The fourth-order valence-corrected chi connectivity index (χ4v) is 4.05. The Labute approximate surface area is 239 Å². The van der Waals surface area contributed by atoms with Gasteiger partial charge in [0.15, 0.2) is 0 Å². The maximum atomic E-state index is 12.7. The summed E-state index contributed by atoms with van der Waals surface area (Å²) in [6.07, 6.45) is -9.09. The summed E-state index contributed by atoms with van der Waals surface area (Å²) < 4.78 is 102. The van der Waals surface area contributed by atoms with Crippen LogP contribution in [0.25, 0.3) is 22.5 Å². The second kappa shape index (κ2) is 12.8. The van der Waals surface area contributed by atoms with Crippen LogP contribution in [0.15, 0.2) is 36.8 Å². The summed E-state index contributed by atoms with van der Waals surface area (Å²) in [5.74, 6) is -5.98. The number of aliphatic carboxylic acids is 2. The lowest BCUT2D eigenvalue weighted by Gasteiger charge is -2.31. The zero-order chi connectivity index (χ0) is 33.0. The number of aromatic amines is 1. The van der Waals surface area contributed by atoms with Gasteiger partial charge in [-0.1, -0.05) is 0 Å². The number of nitrogens with zero attached hydrogens (tertiary/aromatic N) is 4. The van der Waals surface area contributed by atoms with E-state index in [0.29, 0.717) is 24.5 Å². The van der Waals surface area contributed by atoms with Gasteiger partial charge in [0.05, 0.1) is 17.6 Å². The number of aromatic nitrogens is 4. The highest BCUT2D eigenvalue weighted by Gasteiger charge is 2.44. The first-order chi connectivity index (χ1) is 20.3. The molecule has 0 aliphatic carbocycles. The van der Waals surface area contributed by atoms with Crippen molar-refractivity contribution in [2.24, 2.45) is 0 Å². The van der Waals surface area contributed by atoms with Crippen LogP contribution in [0, 0.1) is 0 Å². The predicted molar refractivity (Wildman–Crippen MR) is 130 cm³/mol. The van der Waals surface area contributed by atoms with Crippen LogP contribution >= 0.6 is 0 Å². The van der Waals surface area contributed by atoms with Gasteiger partial charge in [-0.2, -0.15) is 39.5 Å². The molecule has 5 rings (SSSR count). The van der Waals surface area contributed by atoms with Crippen molar-refractivity contribution in [3.05, 3.63) is 42.6 Å². The van der Waals surface area contributed by atoms with Crippen molar-refractivity contribution >= 4 is 29.4 Å². The Morgan fingerprint density at radius 3 is 1.93 bits per heavy atom. The van der Waals surface area contributed by atoms with Gasteiger partial charge in [-0.25, -0.2) is 19.6 Å². The normalized spacial score (nSPS) is 14.6. The summed E-state index contributed by atoms with van der Waals surface area (Å²) in [5, 5.41) is 17.5. The van der Waals surface area contributed by atoms with E-state index in [1.54, 1.807) is 18.6 Å². The van der Waals surface area contributed by atoms with Crippen molar-refractivity contribution in [3.63, 3.8) is 0 Å². The standard InChI is InChI=1S/C20H17F3N6O.2C2HF3O2/c21-20(22,23)19(30)29-8-4-11(5-9-29)17-27-15-12-3-7-24-10-14(12)26-18-13(16(15)28-17)2-1-6-25-18;2*3-2(4,5)1(6)7/h1-3,6-7,10-11H,4-5,8-9H2,(H,25,26)(H,27,28);2*(H,6,7). The second-order valence-corrected chi connectivity index (χ2v) is 8.96. The Hall–Kier alpha value is -4.91. The van der Waals surface area contributed by atoms with Gasteiger partial charge < -0.3 is 25.4 Å². The number of piperidine rings is 1. The van der Waals surface area contributed by atoms with E-state index < -0.39 is 36.4 Å². The van der Waals surface area contributed by atoms with Gasteiger partial charge in [0.1, 0.15) is 17.3 Å². The number of fused-ring (bicyclic) bond motifs is 5. The number of anilines is 2. The zero-order valence-corrected chi connectivity index (χ0v) is 21.7. The van der Waals surface area contributed by atoms with Gasteiger partial charge in [0.25, 0.3) is 0 Å². The molecule has 1 fully saturated rings. The lowest BCUT2D eigenvalue weighted by molar-refractivity contribution is -0.193. The van der Waals surface area contributed by atoms with Crippen LogP contribution in [0.5, 0.6) is 0 Å². The maximum Gasteiger partial charge on any atom is 0.490 e. The molecule has 3 aromatic rings. The highest BCUT2D eigenvalue weighted by Crippen LogP contribution is 2.43. The molecular weight excluding hydrogens is 623 g/mol. The van der Waals surface area contributed by atoms with Gasteiger partial charge in [-0.3, -0.25) is 9.78 Å². The Morgan fingerprint density at radius 1 is 0.841 bits per heavy atom. The first-order valence-electron chi connectivity index (χ1n) is 12.0. The van der Waals surface area contributed by atoms with E-state index in [1.807, 2.05) is 18.2 Å². The Kier molecular flexibility index (Phi) is 9.74. The molecule has 0 bridgehead atoms. The largest absolute Gasteiger partial charge is 0.490 e. The molecule has 44 heavy (non-hydrogen) atoms. The summed E-state index contributed by atoms with van der Waals surface area (Å²) in [6.45, 7) is 0.100. The predicted octanol–water partition coefficient (Wildman–Crippen LogP) is 5.13. The topological polar surface area (TPSA) is 161 Å². The van der Waals surface area contributed by atoms with Gasteiger partial charge in [-0.15, -0.1) is 0 Å². The number of imidazole rings is 1. The van der Waals surface area contributed by atoms with Crippen LogP contribution in [-0.2, 0) is 14.4 Å². The smallest absolute Gasteiger partial charge is 0.475 e. The molecule has 0 aromatic carbocycles. The number of carboxylic acids is 2. The molecule has 5 heterocycles. The summed E-state index contributed by atoms with van der Waals surface area (Å²) in [6, 6.07) is 5.62. The number of hydrogen-bond acceptors (Lipinski definition) is 7. The van der Waals surface area contributed by atoms with Gasteiger partial charge in [0, 0.05) is 42.5 Å². The van der Waals surface area contributed by atoms with Crippen LogP contribution in [0.3, 0.4) is 0 Å². The highest BCUT2D eigenvalue weighted by atomic mass is 19.4. The molecule has 20 heteroatoms. The Morgan fingerprint density at radius 2 is 1.41 bits per heavy atom. The Bertz CT molecular complexity index is 1430. The summed E-state index contributed by atoms with van der Waals surface area (Å²) in [7, 11) is 0. The lowest BCUT2D eigenvalue weighted by Crippen LogP contribution is -2.45. The number of rotatable bonds is 1. The molecule has 2 aliphatic heterocycles. The number of carboxylic acid groups (broad SMARTS) is 2. The minimum absolute atomic E-state index is 0.0502. The molecule has 0 radical (unpaired) electrons. The average molecular weight is 642 g/mol. The van der Waals surface area contributed by atoms with E-state index in [4.69, 9.17) is 24.8 Å². The summed E-state index contributed by atoms with van der Waals surface area (Å²) in [5.41, 5.74) is 4.06. The molecule has 1 saturated heterocycles. The van der Waals surface area contributed by atoms with E-state index in [9.17, 15) is 44.3 Å². The number of halogens is 9. The lowest BCUT2D eigenvalue weighted by atomic mass is 9.96. The third-order valence-corrected chi connectivity index (χ3v) is 6.02. The van der Waals surface area contributed by atoms with Crippen LogP contribution in [0.2, 0.25) is 0 Å². The van der Waals surface area contributed by atoms with Gasteiger partial charge in [-0.05, 0) is 31.0 Å². The molecule has 4 N–H and O–H groups in total. The van der Waals surface area contributed by atoms with Crippen molar-refractivity contribution in [1.82, 2.24) is 24.8 Å². The fourth-order valence-electron chi connectivity index (χ4n) is 4.05. The first-order valence-corrected chi connectivity index (χ1v) is 12.0. The summed E-state index contributed by atoms with van der Waals surface area (Å²) in [4.78, 5) is 46.9. The number of nitrogens with one attached hydrogen (secondary N) is 2. The number of likely N-dealkylation sites (tertiary alicyclic amines) is 1. The minimum Gasteiger partial charge on any atom is -0.475 e. The average Bonchev–Trinajstić information content (AvgIpc) is 3.32. The van der Waals surface area contributed by atoms with Crippen LogP contribution < -0.4 is 5.32 Å². The van der Waals surface area contributed by atoms with Crippen LogP contribution in [0.4, 0.5) is 51.0 Å². The summed E-state index contributed by atoms with van der Waals surface area (Å²) >= 11 is 0. The Balaban J connectivity index is 0.000000317. The molecule has 11 nitrogen and oxygen atoms in total. The van der Waals surface area contributed by atoms with E-state index in [2.05, 4.69) is 20.3 Å². The fraction of sp³-hybridized carbons (Fsp3) is 0.333. The number of carbonyl (C=O) groups is 3. The van der Waals surface area contributed by atoms with E-state index in [1.165, 1.54) is 0 Å². The van der Waals surface area contributed by atoms with E-state index >= 15 is 0 Å². The van der Waals surface area contributed by atoms with E-state index in [-0.39, 0.29) is 19.0 Å². The third kappa shape index (κ3) is 8.13. The molecule has 3 aromatic heterocycles. The molecule has 238 valence electrons. The second-order valence-electron chi connectivity index (χ2n) is 8.96. The monoisotopic (exact) mass is 642 g/mol. The third-order valence-electron chi connectivity index (χ3n) is 6.02. The minimum atomic E-state index is -5.08. The van der Waals surface area contributed by atoms with Crippen molar-refractivity contribution < 1.29 is 64.1 Å². The van der Waals surface area contributed by atoms with Crippen LogP contribution in [0.1, 0.15) is 24.6 Å². The molecule has 0 unspecified atom stereocenters. The van der Waals surface area contributed by atoms with Crippen molar-refractivity contribution in [1.29, 1.82) is 0 Å². The SMILES string of the molecule is O=C(N1CCC(c2nc3c([nH]2)-c2ccncc2Nc2ncccc2-3)CC1)C(F)(F)F.O=C(O)C(F)(F)F.O=C(O)C(F)(F)F. The van der Waals surface area contributed by atoms with E-state index in [0.717, 1.165) is 33.1 Å². The maximum absolute atomic E-state index is 12.7. The number of amides is 1. The molecular formula is C24H19F9N6O5. The quantitative estimate of drug-likeness (QED) is 0.207. The number of H-pyrrole nitrogens is 1. The molecule has 0 saturated carbocycles. The van der Waals surface area contributed by atoms with Crippen molar-refractivity contribution in [2.75, 3.05) is 18.4 Å². The highest BCUT2D eigenvalue weighted by molar-refractivity contribution is 5.94. The van der Waals surface area contributed by atoms with Crippen LogP contribution in [-0.4, -0.2) is 84.5 Å². The number of pyridine rings is 2.